The third-order valence-electron chi connectivity index (χ3n) is 4.07. The molecule has 6 nitrogen and oxygen atoms in total. The summed E-state index contributed by atoms with van der Waals surface area (Å²) in [7, 11) is 1.34. The topological polar surface area (TPSA) is 73.2 Å². The van der Waals surface area contributed by atoms with Crippen LogP contribution in [0.5, 0.6) is 5.75 Å². The second-order valence-electron chi connectivity index (χ2n) is 6.19. The van der Waals surface area contributed by atoms with E-state index in [9.17, 15) is 27.2 Å². The van der Waals surface area contributed by atoms with Crippen molar-refractivity contribution in [3.8, 4) is 17.0 Å². The molecule has 156 valence electrons. The van der Waals surface area contributed by atoms with E-state index in [1.807, 2.05) is 0 Å². The Balaban J connectivity index is 1.83. The molecular formula is C20H15F4N3O3. The Kier molecular flexibility index (Phi) is 5.86. The Bertz CT molecular complexity index is 1140. The van der Waals surface area contributed by atoms with Crippen molar-refractivity contribution in [1.29, 1.82) is 0 Å². The minimum atomic E-state index is -4.55. The van der Waals surface area contributed by atoms with Crippen LogP contribution in [0.2, 0.25) is 0 Å². The van der Waals surface area contributed by atoms with E-state index >= 15 is 0 Å². The third kappa shape index (κ3) is 4.83. The molecule has 0 radical (unpaired) electrons. The van der Waals surface area contributed by atoms with Crippen molar-refractivity contribution in [2.24, 2.45) is 0 Å². The Morgan fingerprint density at radius 2 is 1.90 bits per heavy atom. The Hall–Kier alpha value is -3.69. The number of aromatic nitrogens is 2. The zero-order chi connectivity index (χ0) is 21.9. The van der Waals surface area contributed by atoms with Crippen LogP contribution in [0.1, 0.15) is 5.56 Å². The Morgan fingerprint density at radius 1 is 1.13 bits per heavy atom. The predicted molar refractivity (Wildman–Crippen MR) is 101 cm³/mol. The highest BCUT2D eigenvalue weighted by Crippen LogP contribution is 2.31. The molecule has 3 rings (SSSR count). The quantitative estimate of drug-likeness (QED) is 0.638. The second kappa shape index (κ2) is 8.36. The maximum Gasteiger partial charge on any atom is 0.416 e. The van der Waals surface area contributed by atoms with Gasteiger partial charge in [0.1, 0.15) is 18.1 Å². The van der Waals surface area contributed by atoms with Crippen LogP contribution in [-0.4, -0.2) is 22.8 Å². The minimum Gasteiger partial charge on any atom is -0.496 e. The maximum absolute atomic E-state index is 13.4. The lowest BCUT2D eigenvalue weighted by molar-refractivity contribution is -0.137. The van der Waals surface area contributed by atoms with Gasteiger partial charge in [0.15, 0.2) is 0 Å². The fourth-order valence-electron chi connectivity index (χ4n) is 2.69. The van der Waals surface area contributed by atoms with Crippen molar-refractivity contribution < 1.29 is 27.1 Å². The first-order valence-corrected chi connectivity index (χ1v) is 8.56. The number of anilines is 1. The maximum atomic E-state index is 13.4. The molecule has 0 fully saturated rings. The molecule has 0 unspecified atom stereocenters. The lowest BCUT2D eigenvalue weighted by Crippen LogP contribution is -2.29. The molecule has 1 heterocycles. The molecule has 0 aliphatic heterocycles. The average molecular weight is 421 g/mol. The van der Waals surface area contributed by atoms with Gasteiger partial charge in [-0.15, -0.1) is 0 Å². The van der Waals surface area contributed by atoms with Crippen molar-refractivity contribution in [1.82, 2.24) is 9.78 Å². The molecule has 3 aromatic rings. The van der Waals surface area contributed by atoms with E-state index in [2.05, 4.69) is 10.4 Å². The molecule has 0 spiro atoms. The number of carbonyl (C=O) groups excluding carboxylic acids is 1. The highest BCUT2D eigenvalue weighted by molar-refractivity contribution is 5.90. The molecule has 30 heavy (non-hydrogen) atoms. The van der Waals surface area contributed by atoms with E-state index in [1.54, 1.807) is 0 Å². The largest absolute Gasteiger partial charge is 0.496 e. The predicted octanol–water partition coefficient (Wildman–Crippen LogP) is 3.72. The third-order valence-corrected chi connectivity index (χ3v) is 4.07. The number of alkyl halides is 3. The summed E-state index contributed by atoms with van der Waals surface area (Å²) in [4.78, 5) is 24.3. The monoisotopic (exact) mass is 421 g/mol. The molecule has 0 atom stereocenters. The van der Waals surface area contributed by atoms with Gasteiger partial charge in [0, 0.05) is 23.4 Å². The van der Waals surface area contributed by atoms with Crippen LogP contribution in [0.4, 0.5) is 23.2 Å². The molecule has 0 saturated heterocycles. The van der Waals surface area contributed by atoms with Gasteiger partial charge in [-0.1, -0.05) is 6.07 Å². The van der Waals surface area contributed by atoms with Crippen LogP contribution < -0.4 is 15.6 Å². The van der Waals surface area contributed by atoms with Gasteiger partial charge in [-0.3, -0.25) is 9.59 Å². The van der Waals surface area contributed by atoms with E-state index in [4.69, 9.17) is 4.74 Å². The standard InChI is InChI=1S/C20H15F4N3O3/c1-30-17-10-13(21)5-6-15(17)16-7-8-19(29)27(26-16)11-18(28)25-14-4-2-3-12(9-14)20(22,23)24/h2-10H,11H2,1H3,(H,25,28). The van der Waals surface area contributed by atoms with E-state index in [1.165, 1.54) is 37.4 Å². The first-order valence-electron chi connectivity index (χ1n) is 8.56. The van der Waals surface area contributed by atoms with Crippen molar-refractivity contribution in [3.05, 3.63) is 76.3 Å². The van der Waals surface area contributed by atoms with Gasteiger partial charge >= 0.3 is 6.18 Å². The van der Waals surface area contributed by atoms with Crippen LogP contribution in [0.15, 0.2) is 59.4 Å². The SMILES string of the molecule is COc1cc(F)ccc1-c1ccc(=O)n(CC(=O)Nc2cccc(C(F)(F)F)c2)n1. The smallest absolute Gasteiger partial charge is 0.416 e. The van der Waals surface area contributed by atoms with Gasteiger partial charge in [0.2, 0.25) is 5.91 Å². The number of nitrogens with zero attached hydrogens (tertiary/aromatic N) is 2. The number of benzene rings is 2. The normalized spacial score (nSPS) is 11.2. The first kappa shape index (κ1) is 21.0. The average Bonchev–Trinajstić information content (AvgIpc) is 2.69. The molecule has 1 N–H and O–H groups in total. The van der Waals surface area contributed by atoms with E-state index in [0.29, 0.717) is 5.56 Å². The van der Waals surface area contributed by atoms with Crippen molar-refractivity contribution in [2.45, 2.75) is 12.7 Å². The van der Waals surface area contributed by atoms with Crippen molar-refractivity contribution >= 4 is 11.6 Å². The number of halogens is 4. The molecule has 10 heteroatoms. The van der Waals surface area contributed by atoms with Crippen LogP contribution >= 0.6 is 0 Å². The first-order chi connectivity index (χ1) is 14.2. The van der Waals surface area contributed by atoms with Gasteiger partial charge in [-0.25, -0.2) is 9.07 Å². The lowest BCUT2D eigenvalue weighted by Gasteiger charge is -2.12. The lowest BCUT2D eigenvalue weighted by atomic mass is 10.1. The molecule has 1 amide bonds. The molecule has 2 aromatic carbocycles. The van der Waals surface area contributed by atoms with Crippen LogP contribution in [-0.2, 0) is 17.5 Å². The summed E-state index contributed by atoms with van der Waals surface area (Å²) in [5.41, 5.74) is -0.941. The van der Waals surface area contributed by atoms with Gasteiger partial charge < -0.3 is 10.1 Å². The van der Waals surface area contributed by atoms with Gasteiger partial charge in [-0.05, 0) is 36.4 Å². The number of methoxy groups -OCH3 is 1. The number of rotatable bonds is 5. The summed E-state index contributed by atoms with van der Waals surface area (Å²) in [6, 6.07) is 10.4. The van der Waals surface area contributed by atoms with Crippen LogP contribution in [0, 0.1) is 5.82 Å². The minimum absolute atomic E-state index is 0.0702. The number of amides is 1. The summed E-state index contributed by atoms with van der Waals surface area (Å²) in [6.07, 6.45) is -4.55. The molecule has 0 bridgehead atoms. The van der Waals surface area contributed by atoms with E-state index in [-0.39, 0.29) is 17.1 Å². The molecule has 1 aromatic heterocycles. The summed E-state index contributed by atoms with van der Waals surface area (Å²) < 4.78 is 57.7. The summed E-state index contributed by atoms with van der Waals surface area (Å²) >= 11 is 0. The van der Waals surface area contributed by atoms with Crippen LogP contribution in [0.3, 0.4) is 0 Å². The summed E-state index contributed by atoms with van der Waals surface area (Å²) in [5.74, 6) is -1.09. The van der Waals surface area contributed by atoms with Gasteiger partial charge in [0.05, 0.1) is 18.4 Å². The fraction of sp³-hybridized carbons (Fsp3) is 0.150. The van der Waals surface area contributed by atoms with Crippen molar-refractivity contribution in [2.75, 3.05) is 12.4 Å². The summed E-state index contributed by atoms with van der Waals surface area (Å²) in [5, 5.41) is 6.39. The Labute approximate surface area is 167 Å². The number of hydrogen-bond acceptors (Lipinski definition) is 4. The van der Waals surface area contributed by atoms with E-state index < -0.39 is 35.6 Å². The number of hydrogen-bond donors (Lipinski definition) is 1. The zero-order valence-corrected chi connectivity index (χ0v) is 15.5. The zero-order valence-electron chi connectivity index (χ0n) is 15.5. The van der Waals surface area contributed by atoms with E-state index in [0.717, 1.165) is 28.9 Å². The van der Waals surface area contributed by atoms with Gasteiger partial charge in [0.25, 0.3) is 5.56 Å². The van der Waals surface area contributed by atoms with Gasteiger partial charge in [-0.2, -0.15) is 18.3 Å². The number of ether oxygens (including phenoxy) is 1. The molecule has 0 aliphatic rings. The fourth-order valence-corrected chi connectivity index (χ4v) is 2.69. The molecular weight excluding hydrogens is 406 g/mol. The highest BCUT2D eigenvalue weighted by atomic mass is 19.4. The number of carbonyl (C=O) groups is 1. The Morgan fingerprint density at radius 3 is 2.60 bits per heavy atom. The second-order valence-corrected chi connectivity index (χ2v) is 6.19. The molecule has 0 saturated carbocycles. The number of nitrogens with one attached hydrogen (secondary N) is 1. The van der Waals surface area contributed by atoms with Crippen LogP contribution in [0.25, 0.3) is 11.3 Å². The molecule has 0 aliphatic carbocycles. The highest BCUT2D eigenvalue weighted by Gasteiger charge is 2.30. The summed E-state index contributed by atoms with van der Waals surface area (Å²) in [6.45, 7) is -0.535. The van der Waals surface area contributed by atoms with Crippen molar-refractivity contribution in [3.63, 3.8) is 0 Å².